The largest absolute Gasteiger partial charge is 0.496 e. The van der Waals surface area contributed by atoms with Crippen LogP contribution in [-0.2, 0) is 0 Å². The van der Waals surface area contributed by atoms with Gasteiger partial charge in [-0.05, 0) is 36.4 Å². The van der Waals surface area contributed by atoms with Crippen molar-refractivity contribution in [2.45, 2.75) is 12.5 Å². The zero-order valence-electron chi connectivity index (χ0n) is 14.6. The van der Waals surface area contributed by atoms with Crippen LogP contribution in [0.4, 0.5) is 0 Å². The molecule has 1 atom stereocenters. The number of amides is 1. The van der Waals surface area contributed by atoms with Crippen LogP contribution in [0.1, 0.15) is 34.1 Å². The van der Waals surface area contributed by atoms with Crippen LogP contribution in [0, 0.1) is 0 Å². The highest BCUT2D eigenvalue weighted by atomic mass is 35.5. The molecule has 0 unspecified atom stereocenters. The van der Waals surface area contributed by atoms with Crippen molar-refractivity contribution >= 4 is 23.2 Å². The second kappa shape index (κ2) is 7.29. The van der Waals surface area contributed by atoms with E-state index in [9.17, 15) is 4.79 Å². The maximum absolute atomic E-state index is 13.2. The third-order valence-corrected chi connectivity index (χ3v) is 4.84. The smallest absolute Gasteiger partial charge is 0.276 e. The van der Waals surface area contributed by atoms with Gasteiger partial charge in [0.2, 0.25) is 0 Å². The lowest BCUT2D eigenvalue weighted by Crippen LogP contribution is -2.27. The Morgan fingerprint density at radius 1 is 1.15 bits per heavy atom. The van der Waals surface area contributed by atoms with Crippen molar-refractivity contribution in [2.75, 3.05) is 7.11 Å². The molecule has 0 saturated carbocycles. The molecule has 1 aliphatic heterocycles. The van der Waals surface area contributed by atoms with Crippen LogP contribution in [0.25, 0.3) is 0 Å². The minimum atomic E-state index is -0.344. The molecular formula is C21H17ClN2O3. The highest BCUT2D eigenvalue weighted by Gasteiger charge is 2.36. The Bertz CT molecular complexity index is 998. The van der Waals surface area contributed by atoms with Crippen LogP contribution >= 0.6 is 11.6 Å². The van der Waals surface area contributed by atoms with Crippen molar-refractivity contribution in [3.63, 3.8) is 0 Å². The summed E-state index contributed by atoms with van der Waals surface area (Å²) < 4.78 is 11.0. The number of methoxy groups -OCH3 is 1. The second-order valence-corrected chi connectivity index (χ2v) is 6.52. The molecule has 0 aliphatic carbocycles. The fourth-order valence-corrected chi connectivity index (χ4v) is 3.42. The maximum atomic E-state index is 13.2. The molecule has 27 heavy (non-hydrogen) atoms. The number of nitrogens with zero attached hydrogens (tertiary/aromatic N) is 2. The Balaban J connectivity index is 1.77. The fraction of sp³-hybridized carbons (Fsp3) is 0.143. The molecule has 6 heteroatoms. The van der Waals surface area contributed by atoms with Crippen molar-refractivity contribution in [3.8, 4) is 5.75 Å². The second-order valence-electron chi connectivity index (χ2n) is 6.11. The molecule has 1 amide bonds. The summed E-state index contributed by atoms with van der Waals surface area (Å²) in [5.41, 5.74) is 2.01. The molecule has 3 aromatic rings. The summed E-state index contributed by atoms with van der Waals surface area (Å²) in [5, 5.41) is 6.46. The first-order valence-electron chi connectivity index (χ1n) is 8.51. The standard InChI is InChI=1S/C21H17ClN2O3/c1-26-19-10-5-3-8-15(19)17-13-18(20-11-6-12-27-20)24(23-17)21(25)14-7-2-4-9-16(14)22/h2-12,18H,13H2,1H3/t18-/m0/s1. The van der Waals surface area contributed by atoms with Gasteiger partial charge in [-0.2, -0.15) is 5.10 Å². The molecule has 2 heterocycles. The Morgan fingerprint density at radius 3 is 2.67 bits per heavy atom. The first-order valence-corrected chi connectivity index (χ1v) is 8.89. The topological polar surface area (TPSA) is 55.0 Å². The van der Waals surface area contributed by atoms with Crippen LogP contribution < -0.4 is 4.74 Å². The van der Waals surface area contributed by atoms with Gasteiger partial charge in [0.15, 0.2) is 0 Å². The lowest BCUT2D eigenvalue weighted by molar-refractivity contribution is 0.0693. The van der Waals surface area contributed by atoms with Gasteiger partial charge in [0, 0.05) is 12.0 Å². The van der Waals surface area contributed by atoms with Crippen LogP contribution in [0.3, 0.4) is 0 Å². The molecule has 0 bridgehead atoms. The van der Waals surface area contributed by atoms with E-state index >= 15 is 0 Å². The molecule has 0 saturated heterocycles. The van der Waals surface area contributed by atoms with E-state index in [2.05, 4.69) is 5.10 Å². The molecule has 0 spiro atoms. The summed E-state index contributed by atoms with van der Waals surface area (Å²) in [7, 11) is 1.62. The van der Waals surface area contributed by atoms with Gasteiger partial charge in [0.1, 0.15) is 17.6 Å². The SMILES string of the molecule is COc1ccccc1C1=NN(C(=O)c2ccccc2Cl)[C@H](c2ccco2)C1. The number of benzene rings is 2. The third-order valence-electron chi connectivity index (χ3n) is 4.51. The number of furan rings is 1. The van der Waals surface area contributed by atoms with E-state index in [1.807, 2.05) is 30.3 Å². The third kappa shape index (κ3) is 3.22. The molecule has 2 aromatic carbocycles. The predicted molar refractivity (Wildman–Crippen MR) is 103 cm³/mol. The molecule has 4 rings (SSSR count). The summed E-state index contributed by atoms with van der Waals surface area (Å²) in [6.07, 6.45) is 2.11. The number of carbonyl (C=O) groups excluding carboxylic acids is 1. The Hall–Kier alpha value is -3.05. The zero-order valence-corrected chi connectivity index (χ0v) is 15.4. The van der Waals surface area contributed by atoms with Crippen LogP contribution in [0.2, 0.25) is 5.02 Å². The van der Waals surface area contributed by atoms with Crippen molar-refractivity contribution in [1.29, 1.82) is 0 Å². The Kier molecular flexibility index (Phi) is 4.69. The van der Waals surface area contributed by atoms with Gasteiger partial charge in [0.05, 0.1) is 29.7 Å². The van der Waals surface area contributed by atoms with Crippen molar-refractivity contribution in [2.24, 2.45) is 5.10 Å². The maximum Gasteiger partial charge on any atom is 0.276 e. The first kappa shape index (κ1) is 17.4. The summed E-state index contributed by atoms with van der Waals surface area (Å²) in [6, 6.07) is 17.9. The van der Waals surface area contributed by atoms with Crippen molar-refractivity contribution in [1.82, 2.24) is 5.01 Å². The Labute approximate surface area is 161 Å². The highest BCUT2D eigenvalue weighted by molar-refractivity contribution is 6.33. The summed E-state index contributed by atoms with van der Waals surface area (Å²) in [4.78, 5) is 13.2. The summed E-state index contributed by atoms with van der Waals surface area (Å²) in [5.74, 6) is 1.11. The number of hydrazone groups is 1. The van der Waals surface area contributed by atoms with E-state index in [0.29, 0.717) is 28.5 Å². The molecular weight excluding hydrogens is 364 g/mol. The van der Waals surface area contributed by atoms with Crippen molar-refractivity contribution < 1.29 is 13.9 Å². The monoisotopic (exact) mass is 380 g/mol. The number of hydrogen-bond acceptors (Lipinski definition) is 4. The van der Waals surface area contributed by atoms with Gasteiger partial charge in [-0.25, -0.2) is 5.01 Å². The highest BCUT2D eigenvalue weighted by Crippen LogP contribution is 2.36. The average molecular weight is 381 g/mol. The number of halogens is 1. The van der Waals surface area contributed by atoms with Gasteiger partial charge in [-0.1, -0.05) is 35.9 Å². The van der Waals surface area contributed by atoms with Gasteiger partial charge >= 0.3 is 0 Å². The minimum Gasteiger partial charge on any atom is -0.496 e. The number of hydrogen-bond donors (Lipinski definition) is 0. The number of para-hydroxylation sites is 1. The van der Waals surface area contributed by atoms with Gasteiger partial charge in [-0.3, -0.25) is 4.79 Å². The lowest BCUT2D eigenvalue weighted by atomic mass is 10.0. The van der Waals surface area contributed by atoms with E-state index in [1.54, 1.807) is 43.7 Å². The van der Waals surface area contributed by atoms with Crippen LogP contribution in [-0.4, -0.2) is 23.7 Å². The molecule has 0 fully saturated rings. The molecule has 5 nitrogen and oxygen atoms in total. The molecule has 0 radical (unpaired) electrons. The van der Waals surface area contributed by atoms with E-state index in [-0.39, 0.29) is 11.9 Å². The van der Waals surface area contributed by atoms with E-state index < -0.39 is 0 Å². The van der Waals surface area contributed by atoms with Crippen molar-refractivity contribution in [3.05, 3.63) is 88.8 Å². The van der Waals surface area contributed by atoms with E-state index in [0.717, 1.165) is 11.3 Å². The average Bonchev–Trinajstić information content (AvgIpc) is 3.37. The molecule has 1 aromatic heterocycles. The zero-order chi connectivity index (χ0) is 18.8. The Morgan fingerprint density at radius 2 is 1.93 bits per heavy atom. The minimum absolute atomic E-state index is 0.271. The normalized spacial score (nSPS) is 16.3. The van der Waals surface area contributed by atoms with E-state index in [4.69, 9.17) is 20.8 Å². The number of ether oxygens (including phenoxy) is 1. The quantitative estimate of drug-likeness (QED) is 0.644. The number of rotatable bonds is 4. The predicted octanol–water partition coefficient (Wildman–Crippen LogP) is 4.93. The molecule has 1 aliphatic rings. The lowest BCUT2D eigenvalue weighted by Gasteiger charge is -2.20. The van der Waals surface area contributed by atoms with Crippen LogP contribution in [0.15, 0.2) is 76.4 Å². The molecule has 136 valence electrons. The van der Waals surface area contributed by atoms with Crippen LogP contribution in [0.5, 0.6) is 5.75 Å². The van der Waals surface area contributed by atoms with E-state index in [1.165, 1.54) is 5.01 Å². The van der Waals surface area contributed by atoms with Gasteiger partial charge < -0.3 is 9.15 Å². The van der Waals surface area contributed by atoms with Gasteiger partial charge in [-0.15, -0.1) is 0 Å². The summed E-state index contributed by atoms with van der Waals surface area (Å²) >= 11 is 6.23. The summed E-state index contributed by atoms with van der Waals surface area (Å²) in [6.45, 7) is 0. The fourth-order valence-electron chi connectivity index (χ4n) is 3.20. The number of carbonyl (C=O) groups is 1. The van der Waals surface area contributed by atoms with Gasteiger partial charge in [0.25, 0.3) is 5.91 Å². The molecule has 0 N–H and O–H groups in total. The first-order chi connectivity index (χ1) is 13.2.